The molecule has 0 spiro atoms. The molecule has 0 aliphatic heterocycles. The number of nitrogens with zero attached hydrogens (tertiary/aromatic N) is 1. The molecule has 0 aliphatic rings. The van der Waals surface area contributed by atoms with E-state index >= 15 is 0 Å². The van der Waals surface area contributed by atoms with Crippen LogP contribution >= 0.6 is 0 Å². The van der Waals surface area contributed by atoms with E-state index in [1.807, 2.05) is 0 Å². The summed E-state index contributed by atoms with van der Waals surface area (Å²) in [6.45, 7) is 10.7. The first-order valence-corrected chi connectivity index (χ1v) is 14.2. The Bertz CT molecular complexity index is 389. The lowest BCUT2D eigenvalue weighted by atomic mass is 9.95. The Balaban J connectivity index is 4.19. The highest BCUT2D eigenvalue weighted by molar-refractivity contribution is 5.69. The normalized spacial score (nSPS) is 12.4. The topological polar surface area (TPSA) is 49.8 Å². The Morgan fingerprint density at radius 3 is 1.84 bits per heavy atom. The summed E-state index contributed by atoms with van der Waals surface area (Å²) in [6.07, 6.45) is 21.2. The average molecular weight is 456 g/mol. The van der Waals surface area contributed by atoms with Crippen LogP contribution in [0.4, 0.5) is 0 Å². The van der Waals surface area contributed by atoms with Crippen molar-refractivity contribution in [3.05, 3.63) is 0 Å². The number of esters is 1. The standard InChI is InChI=1S/C28H57NO3/c1-4-7-10-12-13-15-20-27(19-14-11-8-5-2)26-32-28(31)21-18-24-29(22-9-6-3)23-16-17-25-30/h27,30H,4-26H2,1-3H3. The number of rotatable bonds is 25. The van der Waals surface area contributed by atoms with Crippen LogP contribution in [-0.2, 0) is 9.53 Å². The van der Waals surface area contributed by atoms with Crippen LogP contribution < -0.4 is 0 Å². The summed E-state index contributed by atoms with van der Waals surface area (Å²) in [6, 6.07) is 0. The summed E-state index contributed by atoms with van der Waals surface area (Å²) in [5, 5.41) is 9.01. The molecule has 0 aromatic rings. The number of ether oxygens (including phenoxy) is 1. The Morgan fingerprint density at radius 1 is 0.688 bits per heavy atom. The molecule has 0 rings (SSSR count). The molecule has 0 bridgehead atoms. The predicted octanol–water partition coefficient (Wildman–Crippen LogP) is 7.52. The highest BCUT2D eigenvalue weighted by Gasteiger charge is 2.13. The van der Waals surface area contributed by atoms with Gasteiger partial charge in [0.2, 0.25) is 0 Å². The minimum atomic E-state index is -0.0164. The molecule has 1 unspecified atom stereocenters. The molecule has 0 radical (unpaired) electrons. The van der Waals surface area contributed by atoms with Crippen LogP contribution in [0.15, 0.2) is 0 Å². The molecule has 0 amide bonds. The van der Waals surface area contributed by atoms with Gasteiger partial charge in [-0.05, 0) is 64.1 Å². The SMILES string of the molecule is CCCCCCCCC(CCCCCC)COC(=O)CCCN(CCCC)CCCCO. The Hall–Kier alpha value is -0.610. The molecule has 0 heterocycles. The maximum absolute atomic E-state index is 12.4. The zero-order chi connectivity index (χ0) is 23.7. The summed E-state index contributed by atoms with van der Waals surface area (Å²) in [4.78, 5) is 14.8. The van der Waals surface area contributed by atoms with Crippen molar-refractivity contribution in [2.24, 2.45) is 5.92 Å². The minimum absolute atomic E-state index is 0.0164. The van der Waals surface area contributed by atoms with Crippen molar-refractivity contribution in [1.82, 2.24) is 4.90 Å². The van der Waals surface area contributed by atoms with Gasteiger partial charge in [-0.2, -0.15) is 0 Å². The summed E-state index contributed by atoms with van der Waals surface area (Å²) in [5.74, 6) is 0.527. The zero-order valence-corrected chi connectivity index (χ0v) is 22.1. The molecule has 192 valence electrons. The highest BCUT2D eigenvalue weighted by Crippen LogP contribution is 2.19. The fourth-order valence-electron chi connectivity index (χ4n) is 4.28. The smallest absolute Gasteiger partial charge is 0.305 e. The van der Waals surface area contributed by atoms with Gasteiger partial charge in [-0.25, -0.2) is 0 Å². The molecule has 0 aromatic carbocycles. The van der Waals surface area contributed by atoms with E-state index in [9.17, 15) is 4.79 Å². The largest absolute Gasteiger partial charge is 0.465 e. The van der Waals surface area contributed by atoms with E-state index in [2.05, 4.69) is 25.7 Å². The van der Waals surface area contributed by atoms with E-state index in [1.54, 1.807) is 0 Å². The predicted molar refractivity (Wildman–Crippen MR) is 138 cm³/mol. The second-order valence-electron chi connectivity index (χ2n) is 9.68. The van der Waals surface area contributed by atoms with Gasteiger partial charge in [0.15, 0.2) is 0 Å². The molecule has 0 aromatic heterocycles. The van der Waals surface area contributed by atoms with Gasteiger partial charge in [-0.1, -0.05) is 91.4 Å². The van der Waals surface area contributed by atoms with Crippen LogP contribution in [0.3, 0.4) is 0 Å². The van der Waals surface area contributed by atoms with E-state index in [0.717, 1.165) is 38.9 Å². The first kappa shape index (κ1) is 31.4. The van der Waals surface area contributed by atoms with Gasteiger partial charge in [-0.15, -0.1) is 0 Å². The molecule has 1 N–H and O–H groups in total. The van der Waals surface area contributed by atoms with Crippen molar-refractivity contribution in [3.63, 3.8) is 0 Å². The number of unbranched alkanes of at least 4 members (excludes halogenated alkanes) is 10. The molecule has 4 nitrogen and oxygen atoms in total. The van der Waals surface area contributed by atoms with Gasteiger partial charge in [-0.3, -0.25) is 4.79 Å². The number of aliphatic hydroxyl groups is 1. The summed E-state index contributed by atoms with van der Waals surface area (Å²) < 4.78 is 5.73. The lowest BCUT2D eigenvalue weighted by Gasteiger charge is -2.22. The van der Waals surface area contributed by atoms with Crippen molar-refractivity contribution in [1.29, 1.82) is 0 Å². The third-order valence-corrected chi connectivity index (χ3v) is 6.48. The second-order valence-corrected chi connectivity index (χ2v) is 9.68. The molecule has 32 heavy (non-hydrogen) atoms. The number of carbonyl (C=O) groups excluding carboxylic acids is 1. The van der Waals surface area contributed by atoms with Crippen LogP contribution in [0, 0.1) is 5.92 Å². The molecule has 0 saturated carbocycles. The number of hydrogen-bond donors (Lipinski definition) is 1. The maximum Gasteiger partial charge on any atom is 0.305 e. The average Bonchev–Trinajstić information content (AvgIpc) is 2.80. The van der Waals surface area contributed by atoms with E-state index < -0.39 is 0 Å². The van der Waals surface area contributed by atoms with E-state index in [4.69, 9.17) is 9.84 Å². The molecule has 4 heteroatoms. The van der Waals surface area contributed by atoms with Crippen LogP contribution in [0.25, 0.3) is 0 Å². The fraction of sp³-hybridized carbons (Fsp3) is 0.964. The van der Waals surface area contributed by atoms with Gasteiger partial charge in [0.05, 0.1) is 6.61 Å². The van der Waals surface area contributed by atoms with Crippen molar-refractivity contribution in [2.75, 3.05) is 32.8 Å². The first-order valence-electron chi connectivity index (χ1n) is 14.2. The Labute approximate surface area is 200 Å². The second kappa shape index (κ2) is 25.0. The maximum atomic E-state index is 12.4. The van der Waals surface area contributed by atoms with E-state index in [1.165, 1.54) is 89.9 Å². The van der Waals surface area contributed by atoms with Gasteiger partial charge in [0.25, 0.3) is 0 Å². The summed E-state index contributed by atoms with van der Waals surface area (Å²) in [7, 11) is 0. The Kier molecular flexibility index (Phi) is 24.5. The highest BCUT2D eigenvalue weighted by atomic mass is 16.5. The van der Waals surface area contributed by atoms with Crippen molar-refractivity contribution >= 4 is 5.97 Å². The molecule has 0 saturated heterocycles. The third kappa shape index (κ3) is 21.2. The van der Waals surface area contributed by atoms with Crippen molar-refractivity contribution in [3.8, 4) is 0 Å². The quantitative estimate of drug-likeness (QED) is 0.114. The van der Waals surface area contributed by atoms with Crippen molar-refractivity contribution in [2.45, 2.75) is 136 Å². The van der Waals surface area contributed by atoms with Crippen LogP contribution in [0.5, 0.6) is 0 Å². The lowest BCUT2D eigenvalue weighted by Crippen LogP contribution is -2.28. The molecular weight excluding hydrogens is 398 g/mol. The van der Waals surface area contributed by atoms with E-state index in [-0.39, 0.29) is 12.6 Å². The van der Waals surface area contributed by atoms with Crippen LogP contribution in [-0.4, -0.2) is 48.8 Å². The summed E-state index contributed by atoms with van der Waals surface area (Å²) in [5.41, 5.74) is 0. The van der Waals surface area contributed by atoms with Crippen molar-refractivity contribution < 1.29 is 14.6 Å². The van der Waals surface area contributed by atoms with Crippen LogP contribution in [0.2, 0.25) is 0 Å². The minimum Gasteiger partial charge on any atom is -0.465 e. The number of aliphatic hydroxyl groups excluding tert-OH is 1. The fourth-order valence-corrected chi connectivity index (χ4v) is 4.28. The number of carbonyl (C=O) groups is 1. The first-order chi connectivity index (χ1) is 15.7. The van der Waals surface area contributed by atoms with Gasteiger partial charge in [0.1, 0.15) is 0 Å². The van der Waals surface area contributed by atoms with Gasteiger partial charge >= 0.3 is 5.97 Å². The zero-order valence-electron chi connectivity index (χ0n) is 22.1. The molecule has 1 atom stereocenters. The molecular formula is C28H57NO3. The monoisotopic (exact) mass is 455 g/mol. The summed E-state index contributed by atoms with van der Waals surface area (Å²) >= 11 is 0. The third-order valence-electron chi connectivity index (χ3n) is 6.48. The molecule has 0 aliphatic carbocycles. The molecule has 0 fully saturated rings. The van der Waals surface area contributed by atoms with Gasteiger partial charge < -0.3 is 14.7 Å². The number of hydrogen-bond acceptors (Lipinski definition) is 4. The lowest BCUT2D eigenvalue weighted by molar-refractivity contribution is -0.145. The van der Waals surface area contributed by atoms with Gasteiger partial charge in [0, 0.05) is 13.0 Å². The van der Waals surface area contributed by atoms with E-state index in [0.29, 0.717) is 18.9 Å². The Morgan fingerprint density at radius 2 is 1.22 bits per heavy atom. The van der Waals surface area contributed by atoms with Crippen LogP contribution in [0.1, 0.15) is 136 Å².